The Hall–Kier alpha value is -2.38. The lowest BCUT2D eigenvalue weighted by atomic mass is 9.90. The van der Waals surface area contributed by atoms with Gasteiger partial charge in [0, 0.05) is 12.6 Å². The van der Waals surface area contributed by atoms with Crippen LogP contribution in [0, 0.1) is 6.92 Å². The largest absolute Gasteiger partial charge is 0.453 e. The van der Waals surface area contributed by atoms with E-state index < -0.39 is 16.1 Å². The first-order chi connectivity index (χ1) is 13.8. The molecular formula is C22H28N2O4S. The standard InChI is InChI=1S/C22H28N2O4S/c1-16-8-4-5-11-19(16)18-10-6-9-17(14-18)15-21-20(23-29(3,26)27)12-7-13-24(21)22(25)28-2/h4-6,8-11,14,20-21,23H,7,12-13,15H2,1-3H3/t20-,21-/m0/s1. The van der Waals surface area contributed by atoms with Gasteiger partial charge in [-0.15, -0.1) is 0 Å². The van der Waals surface area contributed by atoms with Crippen molar-refractivity contribution in [3.05, 3.63) is 59.7 Å². The molecule has 2 aromatic rings. The molecule has 0 unspecified atom stereocenters. The molecule has 1 saturated heterocycles. The molecule has 1 heterocycles. The highest BCUT2D eigenvalue weighted by Gasteiger charge is 2.36. The van der Waals surface area contributed by atoms with Crippen LogP contribution in [0.5, 0.6) is 0 Å². The maximum Gasteiger partial charge on any atom is 0.409 e. The third kappa shape index (κ3) is 5.36. The van der Waals surface area contributed by atoms with Crippen molar-refractivity contribution in [1.82, 2.24) is 9.62 Å². The van der Waals surface area contributed by atoms with Crippen molar-refractivity contribution in [1.29, 1.82) is 0 Å². The molecule has 0 bridgehead atoms. The van der Waals surface area contributed by atoms with Gasteiger partial charge in [0.1, 0.15) is 0 Å². The zero-order valence-electron chi connectivity index (χ0n) is 17.1. The van der Waals surface area contributed by atoms with E-state index in [1.165, 1.54) is 12.7 Å². The summed E-state index contributed by atoms with van der Waals surface area (Å²) in [6.45, 7) is 2.63. The topological polar surface area (TPSA) is 75.7 Å². The van der Waals surface area contributed by atoms with Crippen LogP contribution in [0.25, 0.3) is 11.1 Å². The number of ether oxygens (including phenoxy) is 1. The van der Waals surface area contributed by atoms with E-state index in [0.29, 0.717) is 19.4 Å². The number of hydrogen-bond acceptors (Lipinski definition) is 4. The van der Waals surface area contributed by atoms with Gasteiger partial charge in [0.25, 0.3) is 0 Å². The van der Waals surface area contributed by atoms with Gasteiger partial charge in [0.2, 0.25) is 10.0 Å². The van der Waals surface area contributed by atoms with Gasteiger partial charge < -0.3 is 9.64 Å². The summed E-state index contributed by atoms with van der Waals surface area (Å²) in [5.74, 6) is 0. The second-order valence-corrected chi connectivity index (χ2v) is 9.37. The van der Waals surface area contributed by atoms with Crippen molar-refractivity contribution in [3.63, 3.8) is 0 Å². The van der Waals surface area contributed by atoms with E-state index in [4.69, 9.17) is 4.74 Å². The number of carbonyl (C=O) groups is 1. The molecule has 29 heavy (non-hydrogen) atoms. The maximum absolute atomic E-state index is 12.3. The average Bonchev–Trinajstić information content (AvgIpc) is 2.68. The molecule has 0 aromatic heterocycles. The molecular weight excluding hydrogens is 388 g/mol. The lowest BCUT2D eigenvalue weighted by Crippen LogP contribution is -2.57. The number of methoxy groups -OCH3 is 1. The zero-order chi connectivity index (χ0) is 21.0. The minimum atomic E-state index is -3.39. The Labute approximate surface area is 172 Å². The van der Waals surface area contributed by atoms with E-state index in [2.05, 4.69) is 35.9 Å². The summed E-state index contributed by atoms with van der Waals surface area (Å²) < 4.78 is 31.4. The van der Waals surface area contributed by atoms with Crippen molar-refractivity contribution in [3.8, 4) is 11.1 Å². The van der Waals surface area contributed by atoms with Crippen LogP contribution in [0.2, 0.25) is 0 Å². The first kappa shape index (κ1) is 21.3. The summed E-state index contributed by atoms with van der Waals surface area (Å²) in [6, 6.07) is 15.7. The number of hydrogen-bond donors (Lipinski definition) is 1. The Morgan fingerprint density at radius 2 is 1.97 bits per heavy atom. The molecule has 0 aliphatic carbocycles. The van der Waals surface area contributed by atoms with Crippen molar-refractivity contribution >= 4 is 16.1 Å². The highest BCUT2D eigenvalue weighted by molar-refractivity contribution is 7.88. The van der Waals surface area contributed by atoms with E-state index >= 15 is 0 Å². The smallest absolute Gasteiger partial charge is 0.409 e. The van der Waals surface area contributed by atoms with Crippen LogP contribution in [0.15, 0.2) is 48.5 Å². The monoisotopic (exact) mass is 416 g/mol. The van der Waals surface area contributed by atoms with Crippen LogP contribution in [0.1, 0.15) is 24.0 Å². The number of amides is 1. The lowest BCUT2D eigenvalue weighted by Gasteiger charge is -2.40. The van der Waals surface area contributed by atoms with Crippen LogP contribution in [-0.2, 0) is 21.2 Å². The normalized spacial score (nSPS) is 19.8. The number of nitrogens with one attached hydrogen (secondary N) is 1. The molecule has 6 nitrogen and oxygen atoms in total. The van der Waals surface area contributed by atoms with Gasteiger partial charge >= 0.3 is 6.09 Å². The minimum absolute atomic E-state index is 0.307. The Morgan fingerprint density at radius 3 is 2.66 bits per heavy atom. The lowest BCUT2D eigenvalue weighted by molar-refractivity contribution is 0.0792. The van der Waals surface area contributed by atoms with E-state index in [0.717, 1.165) is 29.4 Å². The second-order valence-electron chi connectivity index (χ2n) is 7.59. The molecule has 2 aromatic carbocycles. The molecule has 1 amide bonds. The van der Waals surface area contributed by atoms with E-state index in [1.807, 2.05) is 24.3 Å². The Morgan fingerprint density at radius 1 is 1.21 bits per heavy atom. The third-order valence-electron chi connectivity index (χ3n) is 5.38. The maximum atomic E-state index is 12.3. The van der Waals surface area contributed by atoms with Crippen molar-refractivity contribution < 1.29 is 17.9 Å². The van der Waals surface area contributed by atoms with Crippen LogP contribution in [0.4, 0.5) is 4.79 Å². The molecule has 1 aliphatic heterocycles. The van der Waals surface area contributed by atoms with Crippen molar-refractivity contribution in [2.24, 2.45) is 0 Å². The van der Waals surface area contributed by atoms with E-state index in [-0.39, 0.29) is 12.1 Å². The molecule has 0 radical (unpaired) electrons. The number of rotatable bonds is 5. The summed E-state index contributed by atoms with van der Waals surface area (Å²) >= 11 is 0. The van der Waals surface area contributed by atoms with Crippen LogP contribution < -0.4 is 4.72 Å². The van der Waals surface area contributed by atoms with Crippen molar-refractivity contribution in [2.75, 3.05) is 19.9 Å². The SMILES string of the molecule is COC(=O)N1CCC[C@H](NS(C)(=O)=O)[C@@H]1Cc1cccc(-c2ccccc2C)c1. The Balaban J connectivity index is 1.92. The Kier molecular flexibility index (Phi) is 6.59. The number of likely N-dealkylation sites (tertiary alicyclic amines) is 1. The van der Waals surface area contributed by atoms with Gasteiger partial charge in [-0.3, -0.25) is 0 Å². The zero-order valence-corrected chi connectivity index (χ0v) is 17.9. The number of carbonyl (C=O) groups excluding carboxylic acids is 1. The molecule has 0 spiro atoms. The summed E-state index contributed by atoms with van der Waals surface area (Å²) in [5, 5.41) is 0. The molecule has 3 rings (SSSR count). The first-order valence-corrected chi connectivity index (χ1v) is 11.6. The fourth-order valence-corrected chi connectivity index (χ4v) is 4.89. The number of benzene rings is 2. The van der Waals surface area contributed by atoms with Gasteiger partial charge in [-0.1, -0.05) is 48.5 Å². The summed E-state index contributed by atoms with van der Waals surface area (Å²) in [5.41, 5.74) is 4.50. The van der Waals surface area contributed by atoms with Gasteiger partial charge in [-0.05, 0) is 48.4 Å². The molecule has 1 N–H and O–H groups in total. The van der Waals surface area contributed by atoms with Gasteiger partial charge in [0.15, 0.2) is 0 Å². The average molecular weight is 417 g/mol. The molecule has 0 saturated carbocycles. The number of nitrogens with zero attached hydrogens (tertiary/aromatic N) is 1. The van der Waals surface area contributed by atoms with Gasteiger partial charge in [0.05, 0.1) is 19.4 Å². The van der Waals surface area contributed by atoms with Crippen LogP contribution in [0.3, 0.4) is 0 Å². The number of piperidine rings is 1. The quantitative estimate of drug-likeness (QED) is 0.811. The summed E-state index contributed by atoms with van der Waals surface area (Å²) in [7, 11) is -2.04. The first-order valence-electron chi connectivity index (χ1n) is 9.75. The predicted octanol–water partition coefficient (Wildman–Crippen LogP) is 3.35. The molecule has 2 atom stereocenters. The van der Waals surface area contributed by atoms with Crippen LogP contribution >= 0.6 is 0 Å². The van der Waals surface area contributed by atoms with Gasteiger partial charge in [-0.25, -0.2) is 17.9 Å². The third-order valence-corrected chi connectivity index (χ3v) is 6.11. The van der Waals surface area contributed by atoms with Crippen molar-refractivity contribution in [2.45, 2.75) is 38.3 Å². The minimum Gasteiger partial charge on any atom is -0.453 e. The molecule has 1 fully saturated rings. The molecule has 7 heteroatoms. The van der Waals surface area contributed by atoms with E-state index in [1.54, 1.807) is 4.90 Å². The highest BCUT2D eigenvalue weighted by Crippen LogP contribution is 2.27. The second kappa shape index (κ2) is 8.97. The number of aryl methyl sites for hydroxylation is 1. The molecule has 1 aliphatic rings. The van der Waals surface area contributed by atoms with E-state index in [9.17, 15) is 13.2 Å². The Bertz CT molecular complexity index is 974. The number of sulfonamides is 1. The summed E-state index contributed by atoms with van der Waals surface area (Å²) in [4.78, 5) is 14.0. The van der Waals surface area contributed by atoms with Crippen LogP contribution in [-0.4, -0.2) is 51.4 Å². The summed E-state index contributed by atoms with van der Waals surface area (Å²) in [6.07, 6.45) is 2.68. The highest BCUT2D eigenvalue weighted by atomic mass is 32.2. The predicted molar refractivity (Wildman–Crippen MR) is 114 cm³/mol. The molecule has 156 valence electrons. The van der Waals surface area contributed by atoms with Gasteiger partial charge in [-0.2, -0.15) is 0 Å². The fourth-order valence-electron chi connectivity index (χ4n) is 4.07. The fraction of sp³-hybridized carbons (Fsp3) is 0.409.